The van der Waals surface area contributed by atoms with Gasteiger partial charge in [0.05, 0.1) is 5.41 Å². The Labute approximate surface area is 71.9 Å². The van der Waals surface area contributed by atoms with Crippen LogP contribution in [0.15, 0.2) is 0 Å². The van der Waals surface area contributed by atoms with Crippen molar-refractivity contribution in [3.05, 3.63) is 0 Å². The molecule has 2 saturated carbocycles. The van der Waals surface area contributed by atoms with Gasteiger partial charge in [-0.2, -0.15) is 0 Å². The van der Waals surface area contributed by atoms with Crippen molar-refractivity contribution >= 4 is 5.97 Å². The SMILES string of the molecule is NC[C@]1(C(=O)O)C[C@H]2CCC[C@H]21. The fourth-order valence-electron chi connectivity index (χ4n) is 3.04. The van der Waals surface area contributed by atoms with Gasteiger partial charge in [0.1, 0.15) is 0 Å². The molecule has 0 saturated heterocycles. The zero-order valence-electron chi connectivity index (χ0n) is 7.12. The van der Waals surface area contributed by atoms with Crippen LogP contribution in [0.25, 0.3) is 0 Å². The molecule has 0 aromatic rings. The Balaban J connectivity index is 2.16. The van der Waals surface area contributed by atoms with Crippen molar-refractivity contribution < 1.29 is 9.90 Å². The van der Waals surface area contributed by atoms with Crippen LogP contribution >= 0.6 is 0 Å². The third-order valence-electron chi connectivity index (χ3n) is 3.79. The van der Waals surface area contributed by atoms with Crippen molar-refractivity contribution in [2.75, 3.05) is 6.54 Å². The molecule has 0 spiro atoms. The Morgan fingerprint density at radius 3 is 2.83 bits per heavy atom. The largest absolute Gasteiger partial charge is 0.481 e. The lowest BCUT2D eigenvalue weighted by molar-refractivity contribution is -0.164. The predicted octanol–water partition coefficient (Wildman–Crippen LogP) is 0.836. The van der Waals surface area contributed by atoms with Crippen LogP contribution in [0.5, 0.6) is 0 Å². The molecular weight excluding hydrogens is 154 g/mol. The Hall–Kier alpha value is -0.570. The summed E-state index contributed by atoms with van der Waals surface area (Å²) >= 11 is 0. The smallest absolute Gasteiger partial charge is 0.311 e. The Morgan fingerprint density at radius 2 is 2.33 bits per heavy atom. The van der Waals surface area contributed by atoms with E-state index in [4.69, 9.17) is 10.8 Å². The summed E-state index contributed by atoms with van der Waals surface area (Å²) in [6.45, 7) is 0.323. The molecule has 2 aliphatic carbocycles. The lowest BCUT2D eigenvalue weighted by Crippen LogP contribution is -2.55. The molecule has 3 heteroatoms. The molecule has 2 fully saturated rings. The summed E-state index contributed by atoms with van der Waals surface area (Å²) in [5, 5.41) is 9.05. The topological polar surface area (TPSA) is 63.3 Å². The molecule has 0 aromatic heterocycles. The van der Waals surface area contributed by atoms with Gasteiger partial charge >= 0.3 is 5.97 Å². The number of hydrogen-bond donors (Lipinski definition) is 2. The van der Waals surface area contributed by atoms with Gasteiger partial charge in [-0.1, -0.05) is 12.8 Å². The van der Waals surface area contributed by atoms with Crippen LogP contribution in [0.1, 0.15) is 25.7 Å². The molecule has 0 amide bonds. The molecular formula is C9H15NO2. The number of carboxylic acid groups (broad SMARTS) is 1. The van der Waals surface area contributed by atoms with Crippen LogP contribution in [-0.4, -0.2) is 17.6 Å². The summed E-state index contributed by atoms with van der Waals surface area (Å²) in [7, 11) is 0. The van der Waals surface area contributed by atoms with Crippen LogP contribution < -0.4 is 5.73 Å². The fraction of sp³-hybridized carbons (Fsp3) is 0.889. The molecule has 2 aliphatic rings. The standard InChI is InChI=1S/C9H15NO2/c10-5-9(8(11)12)4-6-2-1-3-7(6)9/h6-7H,1-5,10H2,(H,11,12)/t6-,7-,9-/m1/s1. The number of hydrogen-bond acceptors (Lipinski definition) is 2. The zero-order chi connectivity index (χ0) is 8.77. The average Bonchev–Trinajstić information content (AvgIpc) is 2.34. The first-order chi connectivity index (χ1) is 5.70. The average molecular weight is 169 g/mol. The van der Waals surface area contributed by atoms with E-state index in [0.29, 0.717) is 18.4 Å². The van der Waals surface area contributed by atoms with Gasteiger partial charge in [0.15, 0.2) is 0 Å². The van der Waals surface area contributed by atoms with E-state index in [2.05, 4.69) is 0 Å². The number of nitrogens with two attached hydrogens (primary N) is 1. The lowest BCUT2D eigenvalue weighted by atomic mass is 9.55. The predicted molar refractivity (Wildman–Crippen MR) is 44.6 cm³/mol. The van der Waals surface area contributed by atoms with Gasteiger partial charge in [0, 0.05) is 6.54 Å². The number of carbonyl (C=O) groups is 1. The highest BCUT2D eigenvalue weighted by atomic mass is 16.4. The van der Waals surface area contributed by atoms with E-state index in [-0.39, 0.29) is 0 Å². The highest BCUT2D eigenvalue weighted by Crippen LogP contribution is 2.58. The van der Waals surface area contributed by atoms with E-state index >= 15 is 0 Å². The minimum Gasteiger partial charge on any atom is -0.481 e. The van der Waals surface area contributed by atoms with Crippen molar-refractivity contribution in [2.24, 2.45) is 23.0 Å². The Morgan fingerprint density at radius 1 is 1.58 bits per heavy atom. The number of aliphatic carboxylic acids is 1. The van der Waals surface area contributed by atoms with Crippen LogP contribution in [-0.2, 0) is 4.79 Å². The summed E-state index contributed by atoms with van der Waals surface area (Å²) in [6, 6.07) is 0. The maximum atomic E-state index is 11.0. The van der Waals surface area contributed by atoms with Gasteiger partial charge in [0.2, 0.25) is 0 Å². The van der Waals surface area contributed by atoms with Crippen LogP contribution in [0.3, 0.4) is 0 Å². The molecule has 3 N–H and O–H groups in total. The molecule has 3 nitrogen and oxygen atoms in total. The van der Waals surface area contributed by atoms with Crippen molar-refractivity contribution in [1.82, 2.24) is 0 Å². The van der Waals surface area contributed by atoms with E-state index in [1.807, 2.05) is 0 Å². The number of fused-ring (bicyclic) bond motifs is 1. The summed E-state index contributed by atoms with van der Waals surface area (Å²) in [5.74, 6) is 0.387. The second-order valence-corrected chi connectivity index (χ2v) is 4.17. The second-order valence-electron chi connectivity index (χ2n) is 4.17. The minimum atomic E-state index is -0.673. The van der Waals surface area contributed by atoms with Crippen LogP contribution in [0.4, 0.5) is 0 Å². The molecule has 2 rings (SSSR count). The minimum absolute atomic E-state index is 0.323. The molecule has 12 heavy (non-hydrogen) atoms. The lowest BCUT2D eigenvalue weighted by Gasteiger charge is -2.48. The van der Waals surface area contributed by atoms with E-state index in [0.717, 1.165) is 12.8 Å². The number of rotatable bonds is 2. The summed E-state index contributed by atoms with van der Waals surface area (Å²) in [6.07, 6.45) is 4.32. The second kappa shape index (κ2) is 2.46. The fourth-order valence-corrected chi connectivity index (χ4v) is 3.04. The molecule has 0 unspecified atom stereocenters. The monoisotopic (exact) mass is 169 g/mol. The van der Waals surface area contributed by atoms with Gasteiger partial charge in [-0.3, -0.25) is 4.79 Å². The first-order valence-corrected chi connectivity index (χ1v) is 4.64. The molecule has 0 bridgehead atoms. The zero-order valence-corrected chi connectivity index (χ0v) is 7.12. The van der Waals surface area contributed by atoms with E-state index in [1.165, 1.54) is 12.8 Å². The van der Waals surface area contributed by atoms with Gasteiger partial charge in [-0.05, 0) is 24.7 Å². The van der Waals surface area contributed by atoms with Gasteiger partial charge in [-0.15, -0.1) is 0 Å². The van der Waals surface area contributed by atoms with Gasteiger partial charge < -0.3 is 10.8 Å². The molecule has 0 aliphatic heterocycles. The maximum Gasteiger partial charge on any atom is 0.311 e. The highest BCUT2D eigenvalue weighted by Gasteiger charge is 2.59. The number of carboxylic acids is 1. The van der Waals surface area contributed by atoms with Crippen molar-refractivity contribution in [1.29, 1.82) is 0 Å². The Kier molecular flexibility index (Phi) is 1.65. The third kappa shape index (κ3) is 0.774. The first kappa shape index (κ1) is 8.05. The summed E-state index contributed by atoms with van der Waals surface area (Å²) in [5.41, 5.74) is 5.00. The quantitative estimate of drug-likeness (QED) is 0.643. The summed E-state index contributed by atoms with van der Waals surface area (Å²) in [4.78, 5) is 11.0. The summed E-state index contributed by atoms with van der Waals surface area (Å²) < 4.78 is 0. The molecule has 0 radical (unpaired) electrons. The van der Waals surface area contributed by atoms with E-state index < -0.39 is 11.4 Å². The third-order valence-corrected chi connectivity index (χ3v) is 3.79. The van der Waals surface area contributed by atoms with Crippen molar-refractivity contribution in [3.63, 3.8) is 0 Å². The van der Waals surface area contributed by atoms with Gasteiger partial charge in [-0.25, -0.2) is 0 Å². The molecule has 0 heterocycles. The van der Waals surface area contributed by atoms with Gasteiger partial charge in [0.25, 0.3) is 0 Å². The van der Waals surface area contributed by atoms with Crippen LogP contribution in [0.2, 0.25) is 0 Å². The molecule has 0 aromatic carbocycles. The van der Waals surface area contributed by atoms with Crippen molar-refractivity contribution in [2.45, 2.75) is 25.7 Å². The van der Waals surface area contributed by atoms with E-state index in [1.54, 1.807) is 0 Å². The van der Waals surface area contributed by atoms with Crippen molar-refractivity contribution in [3.8, 4) is 0 Å². The maximum absolute atomic E-state index is 11.0. The first-order valence-electron chi connectivity index (χ1n) is 4.64. The Bertz CT molecular complexity index is 217. The normalized spacial score (nSPS) is 45.1. The van der Waals surface area contributed by atoms with E-state index in [9.17, 15) is 4.79 Å². The molecule has 3 atom stereocenters. The molecule has 68 valence electrons. The highest BCUT2D eigenvalue weighted by molar-refractivity contribution is 5.77. The van der Waals surface area contributed by atoms with Crippen LogP contribution in [0, 0.1) is 17.3 Å².